The molecule has 2 heterocycles. The molecule has 0 unspecified atom stereocenters. The van der Waals surface area contributed by atoms with Crippen LogP contribution < -0.4 is 10.6 Å². The normalized spacial score (nSPS) is 19.6. The fourth-order valence-electron chi connectivity index (χ4n) is 4.96. The maximum atomic E-state index is 13.7. The molecule has 2 aliphatic rings. The first-order chi connectivity index (χ1) is 16.6. The third-order valence-electron chi connectivity index (χ3n) is 6.41. The van der Waals surface area contributed by atoms with Gasteiger partial charge in [-0.05, 0) is 41.7 Å². The van der Waals surface area contributed by atoms with Crippen LogP contribution in [0, 0.1) is 26.9 Å². The summed E-state index contributed by atoms with van der Waals surface area (Å²) in [4.78, 5) is 27.9. The Hall–Kier alpha value is -3.09. The van der Waals surface area contributed by atoms with Crippen LogP contribution in [0.15, 0.2) is 57.2 Å². The molecule has 1 aromatic carbocycles. The number of hydrogen-bond acceptors (Lipinski definition) is 8. The Balaban J connectivity index is 2.05. The van der Waals surface area contributed by atoms with E-state index in [0.717, 1.165) is 21.9 Å². The number of nitro groups is 1. The fraction of sp³-hybridized carbons (Fsp3) is 0.385. The number of nitrogens with two attached hydrogens (primary N) is 1. The van der Waals surface area contributed by atoms with Crippen molar-refractivity contribution in [2.24, 2.45) is 11.1 Å². The van der Waals surface area contributed by atoms with E-state index in [0.29, 0.717) is 24.1 Å². The Labute approximate surface area is 213 Å². The van der Waals surface area contributed by atoms with Gasteiger partial charge in [-0.3, -0.25) is 19.8 Å². The molecule has 1 atom stereocenters. The van der Waals surface area contributed by atoms with Crippen molar-refractivity contribution in [3.8, 4) is 6.07 Å². The van der Waals surface area contributed by atoms with Gasteiger partial charge < -0.3 is 5.73 Å². The van der Waals surface area contributed by atoms with Crippen LogP contribution in [0.25, 0.3) is 0 Å². The van der Waals surface area contributed by atoms with E-state index in [1.807, 2.05) is 13.8 Å². The number of benzene rings is 1. The van der Waals surface area contributed by atoms with E-state index in [9.17, 15) is 20.2 Å². The maximum Gasteiger partial charge on any atom is 0.293 e. The first kappa shape index (κ1) is 25.0. The van der Waals surface area contributed by atoms with E-state index in [1.54, 1.807) is 46.2 Å². The first-order valence-corrected chi connectivity index (χ1v) is 13.4. The van der Waals surface area contributed by atoms with Crippen LogP contribution in [0.1, 0.15) is 56.9 Å². The molecule has 0 fully saturated rings. The van der Waals surface area contributed by atoms with Crippen molar-refractivity contribution in [1.82, 2.24) is 0 Å². The standard InChI is InChI=1S/C26H28N4O3S2/c1-5-15-11-16(25(35-15)34-6-2)22-17(14-27)24(28)29(18-9-7-8-10-19(18)30(32)33)20-12-26(3,4)13-21(31)23(20)22/h7-11,22H,5-6,12-13,28H2,1-4H3/t22-/m0/s1. The largest absolute Gasteiger partial charge is 0.384 e. The van der Waals surface area contributed by atoms with Gasteiger partial charge in [-0.1, -0.05) is 39.8 Å². The number of hydrogen-bond donors (Lipinski definition) is 1. The Morgan fingerprint density at radius 2 is 2.03 bits per heavy atom. The molecule has 7 nitrogen and oxygen atoms in total. The predicted molar refractivity (Wildman–Crippen MR) is 140 cm³/mol. The van der Waals surface area contributed by atoms with E-state index in [-0.39, 0.29) is 34.0 Å². The molecule has 0 amide bonds. The van der Waals surface area contributed by atoms with Crippen molar-refractivity contribution in [3.05, 3.63) is 73.6 Å². The predicted octanol–water partition coefficient (Wildman–Crippen LogP) is 6.27. The SMILES string of the molecule is CCSc1sc(CC)cc1[C@H]1C(C#N)=C(N)N(c2ccccc2[N+](=O)[O-])C2=C1C(=O)CC(C)(C)C2. The van der Waals surface area contributed by atoms with E-state index in [4.69, 9.17) is 5.73 Å². The number of nitro benzene ring substituents is 1. The molecule has 9 heteroatoms. The molecule has 182 valence electrons. The van der Waals surface area contributed by atoms with E-state index in [2.05, 4.69) is 26.0 Å². The van der Waals surface area contributed by atoms with Crippen LogP contribution in [-0.4, -0.2) is 16.5 Å². The second-order valence-electron chi connectivity index (χ2n) is 9.47. The van der Waals surface area contributed by atoms with E-state index < -0.39 is 10.8 Å². The molecule has 0 saturated heterocycles. The Bertz CT molecular complexity index is 1320. The van der Waals surface area contributed by atoms with E-state index >= 15 is 0 Å². The Morgan fingerprint density at radius 3 is 2.66 bits per heavy atom. The second-order valence-corrected chi connectivity index (χ2v) is 12.1. The van der Waals surface area contributed by atoms with Crippen LogP contribution in [-0.2, 0) is 11.2 Å². The van der Waals surface area contributed by atoms with Crippen LogP contribution in [0.3, 0.4) is 0 Å². The number of aryl methyl sites for hydroxylation is 1. The number of carbonyl (C=O) groups is 1. The van der Waals surface area contributed by atoms with Crippen LogP contribution in [0.2, 0.25) is 0 Å². The second kappa shape index (κ2) is 9.51. The molecule has 2 aromatic rings. The highest BCUT2D eigenvalue weighted by atomic mass is 32.2. The number of allylic oxidation sites excluding steroid dienone is 3. The number of thiophene rings is 1. The Morgan fingerprint density at radius 1 is 1.31 bits per heavy atom. The Kier molecular flexibility index (Phi) is 6.80. The minimum Gasteiger partial charge on any atom is -0.384 e. The molecular formula is C26H28N4O3S2. The summed E-state index contributed by atoms with van der Waals surface area (Å²) in [5.41, 5.74) is 8.84. The summed E-state index contributed by atoms with van der Waals surface area (Å²) in [6, 6.07) is 10.7. The van der Waals surface area contributed by atoms with Crippen molar-refractivity contribution < 1.29 is 9.72 Å². The highest BCUT2D eigenvalue weighted by Crippen LogP contribution is 2.53. The van der Waals surface area contributed by atoms with Gasteiger partial charge in [0.05, 0.1) is 26.7 Å². The highest BCUT2D eigenvalue weighted by molar-refractivity contribution is 8.01. The number of ketones is 1. The molecule has 0 saturated carbocycles. The highest BCUT2D eigenvalue weighted by Gasteiger charge is 2.46. The summed E-state index contributed by atoms with van der Waals surface area (Å²) in [5, 5.41) is 22.2. The first-order valence-electron chi connectivity index (χ1n) is 11.6. The minimum atomic E-state index is -0.580. The number of nitriles is 1. The lowest BCUT2D eigenvalue weighted by molar-refractivity contribution is -0.384. The topological polar surface area (TPSA) is 113 Å². The molecule has 35 heavy (non-hydrogen) atoms. The third-order valence-corrected chi connectivity index (χ3v) is 8.89. The number of thioether (sulfide) groups is 1. The summed E-state index contributed by atoms with van der Waals surface area (Å²) in [7, 11) is 0. The zero-order chi connectivity index (χ0) is 25.5. The van der Waals surface area contributed by atoms with Crippen LogP contribution >= 0.6 is 23.1 Å². The van der Waals surface area contributed by atoms with Crippen molar-refractivity contribution >= 4 is 40.3 Å². The maximum absolute atomic E-state index is 13.7. The summed E-state index contributed by atoms with van der Waals surface area (Å²) in [6.45, 7) is 8.19. The van der Waals surface area contributed by atoms with Gasteiger partial charge in [-0.15, -0.1) is 23.1 Å². The van der Waals surface area contributed by atoms with Gasteiger partial charge >= 0.3 is 0 Å². The summed E-state index contributed by atoms with van der Waals surface area (Å²) < 4.78 is 1.08. The molecular weight excluding hydrogens is 480 g/mol. The molecule has 0 radical (unpaired) electrons. The summed E-state index contributed by atoms with van der Waals surface area (Å²) >= 11 is 3.39. The number of nitrogens with zero attached hydrogens (tertiary/aromatic N) is 3. The number of para-hydroxylation sites is 2. The van der Waals surface area contributed by atoms with Crippen LogP contribution in [0.5, 0.6) is 0 Å². The zero-order valence-corrected chi connectivity index (χ0v) is 21.9. The van der Waals surface area contributed by atoms with Gasteiger partial charge in [0, 0.05) is 28.6 Å². The summed E-state index contributed by atoms with van der Waals surface area (Å²) in [5.74, 6) is 0.386. The summed E-state index contributed by atoms with van der Waals surface area (Å²) in [6.07, 6.45) is 1.70. The zero-order valence-electron chi connectivity index (χ0n) is 20.3. The van der Waals surface area contributed by atoms with Gasteiger partial charge in [0.2, 0.25) is 0 Å². The van der Waals surface area contributed by atoms with Gasteiger partial charge in [0.25, 0.3) is 5.69 Å². The van der Waals surface area contributed by atoms with Gasteiger partial charge in [0.15, 0.2) is 5.78 Å². The number of Topliss-reactive ketones (excluding diaryl/α,β-unsaturated/α-hetero) is 1. The quantitative estimate of drug-likeness (QED) is 0.278. The van der Waals surface area contributed by atoms with Crippen LogP contribution in [0.4, 0.5) is 11.4 Å². The molecule has 4 rings (SSSR count). The van der Waals surface area contributed by atoms with Gasteiger partial charge in [-0.2, -0.15) is 5.26 Å². The number of carbonyl (C=O) groups excluding carboxylic acids is 1. The molecule has 2 N–H and O–H groups in total. The van der Waals surface area contributed by atoms with E-state index in [1.165, 1.54) is 10.9 Å². The average Bonchev–Trinajstić information content (AvgIpc) is 3.20. The van der Waals surface area contributed by atoms with Crippen molar-refractivity contribution in [2.45, 2.75) is 57.1 Å². The number of anilines is 1. The smallest absolute Gasteiger partial charge is 0.293 e. The molecule has 0 bridgehead atoms. The number of rotatable bonds is 6. The van der Waals surface area contributed by atoms with Crippen molar-refractivity contribution in [1.29, 1.82) is 5.26 Å². The van der Waals surface area contributed by atoms with Gasteiger partial charge in [-0.25, -0.2) is 0 Å². The third kappa shape index (κ3) is 4.37. The van der Waals surface area contributed by atoms with Crippen molar-refractivity contribution in [3.63, 3.8) is 0 Å². The lowest BCUT2D eigenvalue weighted by atomic mass is 9.69. The molecule has 0 spiro atoms. The lowest BCUT2D eigenvalue weighted by Gasteiger charge is -2.43. The molecule has 1 aliphatic carbocycles. The van der Waals surface area contributed by atoms with Gasteiger partial charge in [0.1, 0.15) is 11.5 Å². The van der Waals surface area contributed by atoms with Crippen molar-refractivity contribution in [2.75, 3.05) is 10.7 Å². The minimum absolute atomic E-state index is 0.0400. The average molecular weight is 509 g/mol. The molecule has 1 aromatic heterocycles. The lowest BCUT2D eigenvalue weighted by Crippen LogP contribution is -2.42. The fourth-order valence-corrected chi connectivity index (χ4v) is 7.34. The molecule has 1 aliphatic heterocycles. The monoisotopic (exact) mass is 508 g/mol.